The van der Waals surface area contributed by atoms with E-state index >= 15 is 0 Å². The molecule has 0 N–H and O–H groups in total. The Kier molecular flexibility index (Phi) is 4.99. The molecule has 1 aliphatic heterocycles. The third-order valence-corrected chi connectivity index (χ3v) is 2.58. The van der Waals surface area contributed by atoms with Gasteiger partial charge in [0.1, 0.15) is 6.10 Å². The fraction of sp³-hybridized carbons (Fsp3) is 1.00. The van der Waals surface area contributed by atoms with E-state index in [0.29, 0.717) is 6.61 Å². The molecule has 4 heteroatoms. The number of ether oxygens (including phenoxy) is 4. The highest BCUT2D eigenvalue weighted by Crippen LogP contribution is 2.26. The molecule has 2 atom stereocenters. The van der Waals surface area contributed by atoms with Gasteiger partial charge in [-0.25, -0.2) is 0 Å². The molecule has 0 aromatic carbocycles. The van der Waals surface area contributed by atoms with Gasteiger partial charge in [0.05, 0.1) is 12.7 Å². The molecule has 0 aromatic heterocycles. The first kappa shape index (κ1) is 12.9. The summed E-state index contributed by atoms with van der Waals surface area (Å²) in [5, 5.41) is 0. The maximum atomic E-state index is 5.74. The summed E-state index contributed by atoms with van der Waals surface area (Å²) in [5.74, 6) is -0.470. The average Bonchev–Trinajstić information content (AvgIpc) is 2.54. The van der Waals surface area contributed by atoms with Crippen molar-refractivity contribution in [1.82, 2.24) is 0 Å². The Hall–Kier alpha value is -0.160. The van der Waals surface area contributed by atoms with Crippen LogP contribution in [0, 0.1) is 0 Å². The van der Waals surface area contributed by atoms with Gasteiger partial charge < -0.3 is 18.9 Å². The molecule has 0 radical (unpaired) electrons. The molecular formula is C11H22O4. The Balaban J connectivity index is 2.32. The SMILES string of the molecule is COCCCC(OC)C1COC(C)(C)O1. The highest BCUT2D eigenvalue weighted by atomic mass is 16.7. The molecule has 1 rings (SSSR count). The standard InChI is InChI=1S/C11H22O4/c1-11(2)14-8-10(15-11)9(13-4)6-5-7-12-3/h9-10H,5-8H2,1-4H3. The lowest BCUT2D eigenvalue weighted by molar-refractivity contribution is -0.154. The Labute approximate surface area is 91.8 Å². The van der Waals surface area contributed by atoms with Crippen LogP contribution in [0.4, 0.5) is 0 Å². The first-order chi connectivity index (χ1) is 7.09. The van der Waals surface area contributed by atoms with Crippen molar-refractivity contribution in [3.63, 3.8) is 0 Å². The van der Waals surface area contributed by atoms with Gasteiger partial charge in [-0.1, -0.05) is 0 Å². The summed E-state index contributed by atoms with van der Waals surface area (Å²) in [6.07, 6.45) is 2.06. The van der Waals surface area contributed by atoms with E-state index in [0.717, 1.165) is 19.4 Å². The minimum absolute atomic E-state index is 0.0434. The van der Waals surface area contributed by atoms with Crippen LogP contribution in [0.5, 0.6) is 0 Å². The second-order valence-electron chi connectivity index (χ2n) is 4.28. The first-order valence-electron chi connectivity index (χ1n) is 5.42. The van der Waals surface area contributed by atoms with Crippen LogP contribution in [0.15, 0.2) is 0 Å². The van der Waals surface area contributed by atoms with Crippen LogP contribution in [0.25, 0.3) is 0 Å². The summed E-state index contributed by atoms with van der Waals surface area (Å²) in [6, 6.07) is 0. The van der Waals surface area contributed by atoms with Crippen molar-refractivity contribution in [3.8, 4) is 0 Å². The third kappa shape index (κ3) is 4.07. The van der Waals surface area contributed by atoms with E-state index in [4.69, 9.17) is 18.9 Å². The van der Waals surface area contributed by atoms with E-state index in [1.807, 2.05) is 13.8 Å². The molecule has 0 aromatic rings. The van der Waals surface area contributed by atoms with Crippen LogP contribution in [0.2, 0.25) is 0 Å². The second kappa shape index (κ2) is 5.80. The van der Waals surface area contributed by atoms with Gasteiger partial charge in [-0.3, -0.25) is 0 Å². The van der Waals surface area contributed by atoms with Gasteiger partial charge in [-0.2, -0.15) is 0 Å². The van der Waals surface area contributed by atoms with E-state index in [1.54, 1.807) is 14.2 Å². The quantitative estimate of drug-likeness (QED) is 0.634. The maximum Gasteiger partial charge on any atom is 0.163 e. The predicted molar refractivity (Wildman–Crippen MR) is 56.8 cm³/mol. The smallest absolute Gasteiger partial charge is 0.163 e. The van der Waals surface area contributed by atoms with Crippen LogP contribution in [-0.2, 0) is 18.9 Å². The monoisotopic (exact) mass is 218 g/mol. The number of hydrogen-bond acceptors (Lipinski definition) is 4. The Bertz CT molecular complexity index is 181. The second-order valence-corrected chi connectivity index (χ2v) is 4.28. The zero-order chi connectivity index (χ0) is 11.3. The highest BCUT2D eigenvalue weighted by molar-refractivity contribution is 4.78. The first-order valence-corrected chi connectivity index (χ1v) is 5.42. The zero-order valence-corrected chi connectivity index (χ0v) is 10.1. The van der Waals surface area contributed by atoms with Gasteiger partial charge in [-0.05, 0) is 26.7 Å². The van der Waals surface area contributed by atoms with Gasteiger partial charge in [0.25, 0.3) is 0 Å². The number of hydrogen-bond donors (Lipinski definition) is 0. The van der Waals surface area contributed by atoms with Crippen LogP contribution >= 0.6 is 0 Å². The van der Waals surface area contributed by atoms with Crippen molar-refractivity contribution in [1.29, 1.82) is 0 Å². The van der Waals surface area contributed by atoms with Crippen LogP contribution < -0.4 is 0 Å². The summed E-state index contributed by atoms with van der Waals surface area (Å²) in [7, 11) is 3.42. The number of methoxy groups -OCH3 is 2. The largest absolute Gasteiger partial charge is 0.385 e. The van der Waals surface area contributed by atoms with Crippen molar-refractivity contribution in [3.05, 3.63) is 0 Å². The molecule has 4 nitrogen and oxygen atoms in total. The lowest BCUT2D eigenvalue weighted by atomic mass is 10.1. The summed E-state index contributed by atoms with van der Waals surface area (Å²) in [4.78, 5) is 0. The Morgan fingerprint density at radius 3 is 2.60 bits per heavy atom. The Morgan fingerprint density at radius 1 is 1.40 bits per heavy atom. The molecule has 0 amide bonds. The van der Waals surface area contributed by atoms with E-state index < -0.39 is 5.79 Å². The molecular weight excluding hydrogens is 196 g/mol. The fourth-order valence-electron chi connectivity index (χ4n) is 1.78. The van der Waals surface area contributed by atoms with Gasteiger partial charge in [0.15, 0.2) is 5.79 Å². The number of rotatable bonds is 6. The summed E-state index contributed by atoms with van der Waals surface area (Å²) < 4.78 is 21.7. The fourth-order valence-corrected chi connectivity index (χ4v) is 1.78. The van der Waals surface area contributed by atoms with E-state index in [9.17, 15) is 0 Å². The molecule has 0 aliphatic carbocycles. The normalized spacial score (nSPS) is 26.8. The van der Waals surface area contributed by atoms with Crippen molar-refractivity contribution in [2.75, 3.05) is 27.4 Å². The van der Waals surface area contributed by atoms with Crippen molar-refractivity contribution >= 4 is 0 Å². The molecule has 0 bridgehead atoms. The van der Waals surface area contributed by atoms with Gasteiger partial charge >= 0.3 is 0 Å². The van der Waals surface area contributed by atoms with Crippen LogP contribution in [0.1, 0.15) is 26.7 Å². The summed E-state index contributed by atoms with van der Waals surface area (Å²) in [5.41, 5.74) is 0. The van der Waals surface area contributed by atoms with Crippen LogP contribution in [-0.4, -0.2) is 45.4 Å². The van der Waals surface area contributed by atoms with Gasteiger partial charge in [0, 0.05) is 20.8 Å². The molecule has 2 unspecified atom stereocenters. The third-order valence-electron chi connectivity index (χ3n) is 2.58. The lowest BCUT2D eigenvalue weighted by Crippen LogP contribution is -2.32. The average molecular weight is 218 g/mol. The summed E-state index contributed by atoms with van der Waals surface area (Å²) in [6.45, 7) is 5.22. The molecule has 90 valence electrons. The zero-order valence-electron chi connectivity index (χ0n) is 10.1. The van der Waals surface area contributed by atoms with Gasteiger partial charge in [-0.15, -0.1) is 0 Å². The van der Waals surface area contributed by atoms with E-state index in [-0.39, 0.29) is 12.2 Å². The van der Waals surface area contributed by atoms with Gasteiger partial charge in [0.2, 0.25) is 0 Å². The van der Waals surface area contributed by atoms with E-state index in [1.165, 1.54) is 0 Å². The molecule has 1 aliphatic rings. The molecule has 1 fully saturated rings. The Morgan fingerprint density at radius 2 is 2.13 bits per heavy atom. The van der Waals surface area contributed by atoms with E-state index in [2.05, 4.69) is 0 Å². The molecule has 1 saturated heterocycles. The summed E-state index contributed by atoms with van der Waals surface area (Å²) >= 11 is 0. The molecule has 1 heterocycles. The molecule has 0 saturated carbocycles. The van der Waals surface area contributed by atoms with Crippen molar-refractivity contribution in [2.24, 2.45) is 0 Å². The lowest BCUT2D eigenvalue weighted by Gasteiger charge is -2.23. The van der Waals surface area contributed by atoms with Crippen molar-refractivity contribution in [2.45, 2.75) is 44.7 Å². The maximum absolute atomic E-state index is 5.74. The minimum Gasteiger partial charge on any atom is -0.385 e. The topological polar surface area (TPSA) is 36.9 Å². The van der Waals surface area contributed by atoms with Crippen molar-refractivity contribution < 1.29 is 18.9 Å². The van der Waals surface area contributed by atoms with Crippen LogP contribution in [0.3, 0.4) is 0 Å². The highest BCUT2D eigenvalue weighted by Gasteiger charge is 2.37. The molecule has 0 spiro atoms. The minimum atomic E-state index is -0.470. The molecule has 15 heavy (non-hydrogen) atoms. The predicted octanol–water partition coefficient (Wildman–Crippen LogP) is 1.58.